The molecule has 3 nitrogen and oxygen atoms in total. The second-order valence-corrected chi connectivity index (χ2v) is 3.43. The molecule has 1 heterocycles. The van der Waals surface area contributed by atoms with Gasteiger partial charge in [-0.15, -0.1) is 0 Å². The molecular formula is C10H19N3. The van der Waals surface area contributed by atoms with Gasteiger partial charge in [0.2, 0.25) is 0 Å². The van der Waals surface area contributed by atoms with E-state index in [2.05, 4.69) is 24.3 Å². The zero-order valence-corrected chi connectivity index (χ0v) is 8.75. The van der Waals surface area contributed by atoms with Gasteiger partial charge in [0.1, 0.15) is 0 Å². The van der Waals surface area contributed by atoms with Crippen molar-refractivity contribution in [3.8, 4) is 0 Å². The molecule has 0 aliphatic carbocycles. The second-order valence-electron chi connectivity index (χ2n) is 3.43. The van der Waals surface area contributed by atoms with Crippen molar-refractivity contribution in [2.24, 2.45) is 0 Å². The topological polar surface area (TPSA) is 29.9 Å². The minimum atomic E-state index is 0.493. The SMILES string of the molecule is CCNCCC(C)n1ccc(C)n1. The van der Waals surface area contributed by atoms with Gasteiger partial charge >= 0.3 is 0 Å². The molecule has 1 unspecified atom stereocenters. The minimum Gasteiger partial charge on any atom is -0.317 e. The number of hydrogen-bond donors (Lipinski definition) is 1. The molecular weight excluding hydrogens is 162 g/mol. The predicted octanol–water partition coefficient (Wildman–Crippen LogP) is 1.75. The average molecular weight is 181 g/mol. The lowest BCUT2D eigenvalue weighted by molar-refractivity contribution is 0.445. The monoisotopic (exact) mass is 181 g/mol. The van der Waals surface area contributed by atoms with Crippen molar-refractivity contribution in [1.82, 2.24) is 15.1 Å². The van der Waals surface area contributed by atoms with Gasteiger partial charge in [-0.1, -0.05) is 6.92 Å². The average Bonchev–Trinajstić information content (AvgIpc) is 2.52. The van der Waals surface area contributed by atoms with Gasteiger partial charge in [0.25, 0.3) is 0 Å². The number of aromatic nitrogens is 2. The first-order valence-corrected chi connectivity index (χ1v) is 4.96. The molecule has 0 aliphatic heterocycles. The highest BCUT2D eigenvalue weighted by molar-refractivity contribution is 4.95. The lowest BCUT2D eigenvalue weighted by atomic mass is 10.2. The molecule has 0 saturated heterocycles. The van der Waals surface area contributed by atoms with Crippen LogP contribution in [0, 0.1) is 6.92 Å². The van der Waals surface area contributed by atoms with E-state index in [1.165, 1.54) is 0 Å². The Hall–Kier alpha value is -0.830. The Morgan fingerprint density at radius 3 is 2.92 bits per heavy atom. The molecule has 1 N–H and O–H groups in total. The van der Waals surface area contributed by atoms with Gasteiger partial charge in [0.05, 0.1) is 11.7 Å². The third-order valence-corrected chi connectivity index (χ3v) is 2.18. The summed E-state index contributed by atoms with van der Waals surface area (Å²) in [5.74, 6) is 0. The predicted molar refractivity (Wildman–Crippen MR) is 54.8 cm³/mol. The van der Waals surface area contributed by atoms with Gasteiger partial charge in [-0.25, -0.2) is 0 Å². The fourth-order valence-corrected chi connectivity index (χ4v) is 1.30. The molecule has 0 spiro atoms. The molecule has 0 aliphatic rings. The van der Waals surface area contributed by atoms with Gasteiger partial charge in [-0.05, 0) is 39.4 Å². The Bertz CT molecular complexity index is 242. The van der Waals surface area contributed by atoms with Crippen LogP contribution >= 0.6 is 0 Å². The highest BCUT2D eigenvalue weighted by Gasteiger charge is 2.03. The van der Waals surface area contributed by atoms with E-state index >= 15 is 0 Å². The van der Waals surface area contributed by atoms with Crippen LogP contribution in [0.25, 0.3) is 0 Å². The quantitative estimate of drug-likeness (QED) is 0.701. The summed E-state index contributed by atoms with van der Waals surface area (Å²) in [5.41, 5.74) is 1.09. The molecule has 0 radical (unpaired) electrons. The van der Waals surface area contributed by atoms with Gasteiger partial charge in [-0.3, -0.25) is 4.68 Å². The van der Waals surface area contributed by atoms with E-state index in [4.69, 9.17) is 0 Å². The summed E-state index contributed by atoms with van der Waals surface area (Å²) in [4.78, 5) is 0. The Kier molecular flexibility index (Phi) is 3.96. The van der Waals surface area contributed by atoms with Crippen molar-refractivity contribution in [1.29, 1.82) is 0 Å². The van der Waals surface area contributed by atoms with Crippen LogP contribution in [0.1, 0.15) is 32.0 Å². The van der Waals surface area contributed by atoms with Gasteiger partial charge < -0.3 is 5.32 Å². The van der Waals surface area contributed by atoms with E-state index in [0.717, 1.165) is 25.2 Å². The summed E-state index contributed by atoms with van der Waals surface area (Å²) in [7, 11) is 0. The van der Waals surface area contributed by atoms with Crippen molar-refractivity contribution >= 4 is 0 Å². The van der Waals surface area contributed by atoms with E-state index in [-0.39, 0.29) is 0 Å². The van der Waals surface area contributed by atoms with Crippen LogP contribution in [0.2, 0.25) is 0 Å². The van der Waals surface area contributed by atoms with Crippen molar-refractivity contribution in [3.05, 3.63) is 18.0 Å². The smallest absolute Gasteiger partial charge is 0.0593 e. The zero-order valence-electron chi connectivity index (χ0n) is 8.75. The molecule has 3 heteroatoms. The Morgan fingerprint density at radius 2 is 2.38 bits per heavy atom. The first-order chi connectivity index (χ1) is 6.24. The molecule has 13 heavy (non-hydrogen) atoms. The molecule has 0 bridgehead atoms. The Morgan fingerprint density at radius 1 is 1.62 bits per heavy atom. The molecule has 1 aromatic rings. The van der Waals surface area contributed by atoms with Crippen LogP contribution in [0.5, 0.6) is 0 Å². The standard InChI is InChI=1S/C10H19N3/c1-4-11-7-5-10(3)13-8-6-9(2)12-13/h6,8,10-11H,4-5,7H2,1-3H3. The second kappa shape index (κ2) is 5.02. The molecule has 1 atom stereocenters. The first-order valence-electron chi connectivity index (χ1n) is 4.96. The summed E-state index contributed by atoms with van der Waals surface area (Å²) < 4.78 is 2.03. The molecule has 1 rings (SSSR count). The van der Waals surface area contributed by atoms with Crippen molar-refractivity contribution in [2.45, 2.75) is 33.2 Å². The maximum absolute atomic E-state index is 4.38. The van der Waals surface area contributed by atoms with Gasteiger partial charge in [0, 0.05) is 6.20 Å². The maximum atomic E-state index is 4.38. The van der Waals surface area contributed by atoms with Crippen LogP contribution in [0.4, 0.5) is 0 Å². The highest BCUT2D eigenvalue weighted by atomic mass is 15.3. The van der Waals surface area contributed by atoms with E-state index in [1.807, 2.05) is 23.9 Å². The number of aryl methyl sites for hydroxylation is 1. The van der Waals surface area contributed by atoms with E-state index in [0.29, 0.717) is 6.04 Å². The van der Waals surface area contributed by atoms with Crippen molar-refractivity contribution in [2.75, 3.05) is 13.1 Å². The van der Waals surface area contributed by atoms with Crippen LogP contribution < -0.4 is 5.32 Å². The van der Waals surface area contributed by atoms with Crippen molar-refractivity contribution < 1.29 is 0 Å². The molecule has 0 aromatic carbocycles. The highest BCUT2D eigenvalue weighted by Crippen LogP contribution is 2.08. The van der Waals surface area contributed by atoms with Crippen molar-refractivity contribution in [3.63, 3.8) is 0 Å². The van der Waals surface area contributed by atoms with Crippen LogP contribution in [0.3, 0.4) is 0 Å². The molecule has 0 fully saturated rings. The minimum absolute atomic E-state index is 0.493. The van der Waals surface area contributed by atoms with Crippen LogP contribution in [0.15, 0.2) is 12.3 Å². The molecule has 1 aromatic heterocycles. The Balaban J connectivity index is 2.35. The number of nitrogens with zero attached hydrogens (tertiary/aromatic N) is 2. The summed E-state index contributed by atoms with van der Waals surface area (Å²) in [6.45, 7) is 8.46. The third kappa shape index (κ3) is 3.19. The fraction of sp³-hybridized carbons (Fsp3) is 0.700. The lowest BCUT2D eigenvalue weighted by Crippen LogP contribution is -2.18. The number of nitrogens with one attached hydrogen (secondary N) is 1. The van der Waals surface area contributed by atoms with E-state index in [9.17, 15) is 0 Å². The first kappa shape index (κ1) is 10.3. The maximum Gasteiger partial charge on any atom is 0.0593 e. The summed E-state index contributed by atoms with van der Waals surface area (Å²) >= 11 is 0. The number of rotatable bonds is 5. The van der Waals surface area contributed by atoms with Crippen LogP contribution in [-0.2, 0) is 0 Å². The fourth-order valence-electron chi connectivity index (χ4n) is 1.30. The van der Waals surface area contributed by atoms with Crippen LogP contribution in [-0.4, -0.2) is 22.9 Å². The number of hydrogen-bond acceptors (Lipinski definition) is 2. The normalized spacial score (nSPS) is 13.2. The summed E-state index contributed by atoms with van der Waals surface area (Å²) in [6, 6.07) is 2.54. The zero-order chi connectivity index (χ0) is 9.68. The molecule has 74 valence electrons. The summed E-state index contributed by atoms with van der Waals surface area (Å²) in [6.07, 6.45) is 3.18. The van der Waals surface area contributed by atoms with E-state index < -0.39 is 0 Å². The van der Waals surface area contributed by atoms with E-state index in [1.54, 1.807) is 0 Å². The molecule has 0 amide bonds. The third-order valence-electron chi connectivity index (χ3n) is 2.18. The van der Waals surface area contributed by atoms with Gasteiger partial charge in [0.15, 0.2) is 0 Å². The van der Waals surface area contributed by atoms with Gasteiger partial charge in [-0.2, -0.15) is 5.10 Å². The molecule has 0 saturated carbocycles. The Labute approximate surface area is 80.1 Å². The largest absolute Gasteiger partial charge is 0.317 e. The summed E-state index contributed by atoms with van der Waals surface area (Å²) in [5, 5.41) is 7.69. The lowest BCUT2D eigenvalue weighted by Gasteiger charge is -2.11.